The number of thiazole rings is 1. The van der Waals surface area contributed by atoms with Crippen LogP contribution in [0.2, 0.25) is 0 Å². The molecule has 0 aliphatic carbocycles. The summed E-state index contributed by atoms with van der Waals surface area (Å²) in [6.07, 6.45) is 0. The summed E-state index contributed by atoms with van der Waals surface area (Å²) < 4.78 is 11.6. The normalized spacial score (nSPS) is 11.0. The molecule has 0 saturated heterocycles. The second-order valence-corrected chi connectivity index (χ2v) is 6.42. The molecule has 4 rings (SSSR count). The lowest BCUT2D eigenvalue weighted by Crippen LogP contribution is -2.05. The maximum absolute atomic E-state index is 12.1. The van der Waals surface area contributed by atoms with E-state index in [0.717, 1.165) is 15.1 Å². The quantitative estimate of drug-likeness (QED) is 0.525. The number of esters is 1. The highest BCUT2D eigenvalue weighted by Gasteiger charge is 2.13. The minimum atomic E-state index is -0.434. The summed E-state index contributed by atoms with van der Waals surface area (Å²) in [6, 6.07) is 9.04. The standard InChI is InChI=1S/C15H9N3O3S2/c19-15(9-3-4-10-12(6-9)23-8-16-10)20-7-13-17-18-14(21-13)11-2-1-5-22-11/h1-6,8H,7H2. The largest absolute Gasteiger partial charge is 0.452 e. The summed E-state index contributed by atoms with van der Waals surface area (Å²) in [7, 11) is 0. The molecule has 3 aromatic heterocycles. The van der Waals surface area contributed by atoms with Crippen LogP contribution in [0.3, 0.4) is 0 Å². The van der Waals surface area contributed by atoms with Gasteiger partial charge in [0.05, 0.1) is 26.2 Å². The van der Waals surface area contributed by atoms with Gasteiger partial charge in [0.25, 0.3) is 11.8 Å². The van der Waals surface area contributed by atoms with Gasteiger partial charge >= 0.3 is 5.97 Å². The predicted octanol–water partition coefficient (Wildman–Crippen LogP) is 3.76. The van der Waals surface area contributed by atoms with E-state index < -0.39 is 5.97 Å². The van der Waals surface area contributed by atoms with Gasteiger partial charge < -0.3 is 9.15 Å². The van der Waals surface area contributed by atoms with Crippen molar-refractivity contribution >= 4 is 38.9 Å². The Morgan fingerprint density at radius 2 is 2.17 bits per heavy atom. The molecule has 3 heterocycles. The molecule has 0 spiro atoms. The summed E-state index contributed by atoms with van der Waals surface area (Å²) in [5, 5.41) is 9.75. The molecule has 1 aromatic carbocycles. The Labute approximate surface area is 138 Å². The molecule has 0 atom stereocenters. The van der Waals surface area contributed by atoms with Crippen molar-refractivity contribution in [3.63, 3.8) is 0 Å². The van der Waals surface area contributed by atoms with Gasteiger partial charge in [-0.25, -0.2) is 9.78 Å². The Morgan fingerprint density at radius 1 is 1.22 bits per heavy atom. The van der Waals surface area contributed by atoms with E-state index in [4.69, 9.17) is 9.15 Å². The molecule has 0 aliphatic heterocycles. The van der Waals surface area contributed by atoms with Gasteiger partial charge in [-0.05, 0) is 29.6 Å². The summed E-state index contributed by atoms with van der Waals surface area (Å²) in [5.74, 6) is 0.258. The molecule has 0 unspecified atom stereocenters. The lowest BCUT2D eigenvalue weighted by molar-refractivity contribution is 0.0439. The van der Waals surface area contributed by atoms with Crippen LogP contribution in [-0.2, 0) is 11.3 Å². The Hall–Kier alpha value is -2.58. The molecule has 114 valence electrons. The van der Waals surface area contributed by atoms with Crippen molar-refractivity contribution in [3.05, 3.63) is 52.7 Å². The number of thiophene rings is 1. The fourth-order valence-corrected chi connectivity index (χ4v) is 3.36. The average molecular weight is 343 g/mol. The van der Waals surface area contributed by atoms with Crippen molar-refractivity contribution < 1.29 is 13.9 Å². The van der Waals surface area contributed by atoms with Gasteiger partial charge in [-0.3, -0.25) is 0 Å². The number of carbonyl (C=O) groups excluding carboxylic acids is 1. The first-order valence-corrected chi connectivity index (χ1v) is 8.42. The van der Waals surface area contributed by atoms with Crippen molar-refractivity contribution in [3.8, 4) is 10.8 Å². The molecule has 8 heteroatoms. The van der Waals surface area contributed by atoms with Gasteiger partial charge in [0.15, 0.2) is 6.61 Å². The number of hydrogen-bond acceptors (Lipinski definition) is 8. The minimum absolute atomic E-state index is 0.0576. The molecule has 6 nitrogen and oxygen atoms in total. The van der Waals surface area contributed by atoms with Crippen molar-refractivity contribution in [1.29, 1.82) is 0 Å². The Balaban J connectivity index is 1.45. The number of fused-ring (bicyclic) bond motifs is 1. The maximum atomic E-state index is 12.1. The Morgan fingerprint density at radius 3 is 3.04 bits per heavy atom. The Kier molecular flexibility index (Phi) is 3.60. The number of carbonyl (C=O) groups is 1. The number of nitrogens with zero attached hydrogens (tertiary/aromatic N) is 3. The van der Waals surface area contributed by atoms with Crippen LogP contribution in [0.5, 0.6) is 0 Å². The zero-order chi connectivity index (χ0) is 15.6. The third kappa shape index (κ3) is 2.86. The van der Waals surface area contributed by atoms with Crippen LogP contribution in [0, 0.1) is 0 Å². The van der Waals surface area contributed by atoms with Crippen molar-refractivity contribution in [2.45, 2.75) is 6.61 Å². The van der Waals surface area contributed by atoms with Crippen molar-refractivity contribution in [1.82, 2.24) is 15.2 Å². The van der Waals surface area contributed by atoms with Gasteiger partial charge in [-0.15, -0.1) is 32.9 Å². The van der Waals surface area contributed by atoms with E-state index in [1.807, 2.05) is 17.5 Å². The first-order chi connectivity index (χ1) is 11.3. The van der Waals surface area contributed by atoms with E-state index in [1.165, 1.54) is 22.7 Å². The molecular formula is C15H9N3O3S2. The van der Waals surface area contributed by atoms with Gasteiger partial charge in [0, 0.05) is 0 Å². The minimum Gasteiger partial charge on any atom is -0.452 e. The highest BCUT2D eigenvalue weighted by molar-refractivity contribution is 7.16. The maximum Gasteiger partial charge on any atom is 0.338 e. The summed E-state index contributed by atoms with van der Waals surface area (Å²) in [4.78, 5) is 17.1. The van der Waals surface area contributed by atoms with E-state index in [2.05, 4.69) is 15.2 Å². The smallest absolute Gasteiger partial charge is 0.338 e. The molecule has 0 amide bonds. The van der Waals surface area contributed by atoms with Crippen LogP contribution >= 0.6 is 22.7 Å². The monoisotopic (exact) mass is 343 g/mol. The van der Waals surface area contributed by atoms with Gasteiger partial charge in [0.1, 0.15) is 0 Å². The van der Waals surface area contributed by atoms with Crippen LogP contribution in [0.1, 0.15) is 16.2 Å². The van der Waals surface area contributed by atoms with Gasteiger partial charge in [-0.1, -0.05) is 6.07 Å². The van der Waals surface area contributed by atoms with Crippen molar-refractivity contribution in [2.75, 3.05) is 0 Å². The lowest BCUT2D eigenvalue weighted by atomic mass is 10.2. The lowest BCUT2D eigenvalue weighted by Gasteiger charge is -2.01. The SMILES string of the molecule is O=C(OCc1nnc(-c2cccs2)o1)c1ccc2ncsc2c1. The third-order valence-electron chi connectivity index (χ3n) is 3.09. The molecule has 0 N–H and O–H groups in total. The van der Waals surface area contributed by atoms with E-state index in [1.54, 1.807) is 23.7 Å². The number of ether oxygens (including phenoxy) is 1. The highest BCUT2D eigenvalue weighted by atomic mass is 32.1. The summed E-state index contributed by atoms with van der Waals surface area (Å²) in [6.45, 7) is -0.0576. The van der Waals surface area contributed by atoms with Gasteiger partial charge in [-0.2, -0.15) is 0 Å². The summed E-state index contributed by atoms with van der Waals surface area (Å²) >= 11 is 2.98. The molecule has 0 aliphatic rings. The molecule has 23 heavy (non-hydrogen) atoms. The molecule has 0 bridgehead atoms. The molecule has 0 radical (unpaired) electrons. The van der Waals surface area contributed by atoms with Crippen molar-refractivity contribution in [2.24, 2.45) is 0 Å². The first-order valence-electron chi connectivity index (χ1n) is 6.66. The van der Waals surface area contributed by atoms with E-state index in [0.29, 0.717) is 11.5 Å². The molecular weight excluding hydrogens is 334 g/mol. The molecule has 0 saturated carbocycles. The fraction of sp³-hybridized carbons (Fsp3) is 0.0667. The second-order valence-electron chi connectivity index (χ2n) is 4.59. The first kappa shape index (κ1) is 14.0. The van der Waals surface area contributed by atoms with E-state index in [9.17, 15) is 4.79 Å². The highest BCUT2D eigenvalue weighted by Crippen LogP contribution is 2.23. The second kappa shape index (κ2) is 5.90. The molecule has 0 fully saturated rings. The van der Waals surface area contributed by atoms with Gasteiger partial charge in [0.2, 0.25) is 0 Å². The van der Waals surface area contributed by atoms with Crippen LogP contribution in [-0.4, -0.2) is 21.2 Å². The zero-order valence-electron chi connectivity index (χ0n) is 11.6. The fourth-order valence-electron chi connectivity index (χ4n) is 2.00. The van der Waals surface area contributed by atoms with E-state index >= 15 is 0 Å². The Bertz CT molecular complexity index is 959. The van der Waals surface area contributed by atoms with Crippen LogP contribution in [0.25, 0.3) is 21.0 Å². The van der Waals surface area contributed by atoms with Crippen LogP contribution < -0.4 is 0 Å². The molecule has 4 aromatic rings. The van der Waals surface area contributed by atoms with E-state index in [-0.39, 0.29) is 12.5 Å². The third-order valence-corrected chi connectivity index (χ3v) is 4.74. The van der Waals surface area contributed by atoms with Crippen LogP contribution in [0.15, 0.2) is 45.6 Å². The topological polar surface area (TPSA) is 78.1 Å². The zero-order valence-corrected chi connectivity index (χ0v) is 13.3. The number of aromatic nitrogens is 3. The number of rotatable bonds is 4. The predicted molar refractivity (Wildman–Crippen MR) is 86.4 cm³/mol. The average Bonchev–Trinajstić information content (AvgIpc) is 3.32. The number of benzene rings is 1. The summed E-state index contributed by atoms with van der Waals surface area (Å²) in [5.41, 5.74) is 3.08. The van der Waals surface area contributed by atoms with Crippen LogP contribution in [0.4, 0.5) is 0 Å². The number of hydrogen-bond donors (Lipinski definition) is 0.